The Balaban J connectivity index is 1.98. The van der Waals surface area contributed by atoms with Gasteiger partial charge in [-0.3, -0.25) is 4.79 Å². The van der Waals surface area contributed by atoms with Gasteiger partial charge in [0.05, 0.1) is 13.2 Å². The smallest absolute Gasteiger partial charge is 0.303 e. The van der Waals surface area contributed by atoms with Crippen LogP contribution in [-0.4, -0.2) is 30.6 Å². The first kappa shape index (κ1) is 13.2. The first-order valence-electron chi connectivity index (χ1n) is 5.99. The van der Waals surface area contributed by atoms with Crippen LogP contribution >= 0.6 is 0 Å². The van der Waals surface area contributed by atoms with Gasteiger partial charge in [0.2, 0.25) is 0 Å². The van der Waals surface area contributed by atoms with E-state index in [9.17, 15) is 9.59 Å². The van der Waals surface area contributed by atoms with Gasteiger partial charge in [0, 0.05) is 12.3 Å². The van der Waals surface area contributed by atoms with E-state index in [0.717, 1.165) is 38.4 Å². The Hall–Kier alpha value is -0.900. The molecule has 92 valence electrons. The van der Waals surface area contributed by atoms with Crippen molar-refractivity contribution in [2.45, 2.75) is 38.5 Å². The summed E-state index contributed by atoms with van der Waals surface area (Å²) in [7, 11) is 0. The average molecular weight is 228 g/mol. The van der Waals surface area contributed by atoms with Crippen LogP contribution in [0.25, 0.3) is 0 Å². The molecule has 1 aliphatic rings. The molecular formula is C12H20O4. The third-order valence-corrected chi connectivity index (χ3v) is 3.14. The lowest BCUT2D eigenvalue weighted by molar-refractivity contribution is -0.137. The molecule has 0 spiro atoms. The highest BCUT2D eigenvalue weighted by Gasteiger charge is 2.26. The molecule has 2 unspecified atom stereocenters. The molecule has 0 aromatic carbocycles. The number of rotatable bonds is 8. The Labute approximate surface area is 96.0 Å². The summed E-state index contributed by atoms with van der Waals surface area (Å²) in [6, 6.07) is 0. The average Bonchev–Trinajstić information content (AvgIpc) is 2.70. The molecule has 2 atom stereocenters. The summed E-state index contributed by atoms with van der Waals surface area (Å²) in [4.78, 5) is 21.0. The minimum absolute atomic E-state index is 0.0824. The Morgan fingerprint density at radius 3 is 2.69 bits per heavy atom. The maximum Gasteiger partial charge on any atom is 0.303 e. The second-order valence-electron chi connectivity index (χ2n) is 4.44. The van der Waals surface area contributed by atoms with Crippen LogP contribution in [0.5, 0.6) is 0 Å². The third-order valence-electron chi connectivity index (χ3n) is 3.14. The van der Waals surface area contributed by atoms with Crippen LogP contribution in [0.15, 0.2) is 0 Å². The molecule has 4 heteroatoms. The summed E-state index contributed by atoms with van der Waals surface area (Å²) in [5.41, 5.74) is 0. The van der Waals surface area contributed by atoms with Gasteiger partial charge in [-0.05, 0) is 18.8 Å². The summed E-state index contributed by atoms with van der Waals surface area (Å²) in [6.07, 6.45) is 6.13. The van der Waals surface area contributed by atoms with Gasteiger partial charge in [0.15, 0.2) is 0 Å². The molecular weight excluding hydrogens is 208 g/mol. The normalized spacial score (nSPS) is 24.5. The molecule has 0 bridgehead atoms. The van der Waals surface area contributed by atoms with Crippen molar-refractivity contribution in [3.8, 4) is 0 Å². The molecule has 16 heavy (non-hydrogen) atoms. The molecule has 0 amide bonds. The number of carboxylic acids is 1. The summed E-state index contributed by atoms with van der Waals surface area (Å²) < 4.78 is 5.26. The Morgan fingerprint density at radius 2 is 2.00 bits per heavy atom. The zero-order valence-corrected chi connectivity index (χ0v) is 9.56. The Bertz CT molecular complexity index is 227. The van der Waals surface area contributed by atoms with Crippen molar-refractivity contribution in [3.05, 3.63) is 0 Å². The minimum atomic E-state index is -0.717. The lowest BCUT2D eigenvalue weighted by Crippen LogP contribution is -2.13. The third kappa shape index (κ3) is 4.75. The van der Waals surface area contributed by atoms with Crippen molar-refractivity contribution in [1.82, 2.24) is 0 Å². The highest BCUT2D eigenvalue weighted by molar-refractivity contribution is 5.66. The van der Waals surface area contributed by atoms with E-state index in [2.05, 4.69) is 0 Å². The second-order valence-corrected chi connectivity index (χ2v) is 4.44. The molecule has 0 radical (unpaired) electrons. The van der Waals surface area contributed by atoms with E-state index in [1.165, 1.54) is 0 Å². The first-order valence-corrected chi connectivity index (χ1v) is 5.99. The van der Waals surface area contributed by atoms with E-state index < -0.39 is 5.97 Å². The van der Waals surface area contributed by atoms with Crippen LogP contribution in [0, 0.1) is 11.8 Å². The molecule has 0 aromatic heterocycles. The van der Waals surface area contributed by atoms with E-state index in [1.807, 2.05) is 0 Å². The summed E-state index contributed by atoms with van der Waals surface area (Å²) in [5, 5.41) is 8.45. The largest absolute Gasteiger partial charge is 0.481 e. The van der Waals surface area contributed by atoms with Crippen molar-refractivity contribution in [1.29, 1.82) is 0 Å². The standard InChI is InChI=1S/C12H20O4/c13-7-11-9-16-8-10(11)5-3-1-2-4-6-12(14)15/h7,10-11H,1-6,8-9H2,(H,14,15). The van der Waals surface area contributed by atoms with Crippen LogP contribution < -0.4 is 0 Å². The topological polar surface area (TPSA) is 63.6 Å². The number of hydrogen-bond acceptors (Lipinski definition) is 3. The van der Waals surface area contributed by atoms with Crippen molar-refractivity contribution in [3.63, 3.8) is 0 Å². The molecule has 1 heterocycles. The highest BCUT2D eigenvalue weighted by Crippen LogP contribution is 2.24. The Morgan fingerprint density at radius 1 is 1.25 bits per heavy atom. The van der Waals surface area contributed by atoms with Crippen LogP contribution in [0.2, 0.25) is 0 Å². The van der Waals surface area contributed by atoms with Crippen LogP contribution in [-0.2, 0) is 14.3 Å². The second kappa shape index (κ2) is 7.39. The number of carboxylic acid groups (broad SMARTS) is 1. The molecule has 0 aliphatic carbocycles. The lowest BCUT2D eigenvalue weighted by Gasteiger charge is -2.11. The van der Waals surface area contributed by atoms with Crippen molar-refractivity contribution < 1.29 is 19.4 Å². The van der Waals surface area contributed by atoms with Gasteiger partial charge in [0.1, 0.15) is 6.29 Å². The van der Waals surface area contributed by atoms with Crippen molar-refractivity contribution in [2.24, 2.45) is 11.8 Å². The molecule has 1 N–H and O–H groups in total. The fraction of sp³-hybridized carbons (Fsp3) is 0.833. The molecule has 4 nitrogen and oxygen atoms in total. The van der Waals surface area contributed by atoms with Gasteiger partial charge in [-0.15, -0.1) is 0 Å². The van der Waals surface area contributed by atoms with Gasteiger partial charge in [-0.2, -0.15) is 0 Å². The molecule has 0 saturated carbocycles. The molecule has 1 saturated heterocycles. The van der Waals surface area contributed by atoms with Crippen LogP contribution in [0.3, 0.4) is 0 Å². The molecule has 1 aliphatic heterocycles. The van der Waals surface area contributed by atoms with Crippen molar-refractivity contribution >= 4 is 12.3 Å². The number of aldehydes is 1. The van der Waals surface area contributed by atoms with Gasteiger partial charge < -0.3 is 14.6 Å². The quantitative estimate of drug-likeness (QED) is 0.509. The van der Waals surface area contributed by atoms with E-state index in [1.54, 1.807) is 0 Å². The molecule has 1 rings (SSSR count). The fourth-order valence-corrected chi connectivity index (χ4v) is 2.10. The number of carbonyl (C=O) groups is 2. The molecule has 1 fully saturated rings. The SMILES string of the molecule is O=CC1COCC1CCCCCCC(=O)O. The predicted molar refractivity (Wildman–Crippen MR) is 59.2 cm³/mol. The van der Waals surface area contributed by atoms with E-state index >= 15 is 0 Å². The Kier molecular flexibility index (Phi) is 6.08. The van der Waals surface area contributed by atoms with Gasteiger partial charge in [-0.1, -0.05) is 19.3 Å². The minimum Gasteiger partial charge on any atom is -0.481 e. The number of ether oxygens (including phenoxy) is 1. The number of carbonyl (C=O) groups excluding carboxylic acids is 1. The van der Waals surface area contributed by atoms with Gasteiger partial charge >= 0.3 is 5.97 Å². The monoisotopic (exact) mass is 228 g/mol. The summed E-state index contributed by atoms with van der Waals surface area (Å²) in [5.74, 6) is -0.249. The zero-order valence-electron chi connectivity index (χ0n) is 9.56. The van der Waals surface area contributed by atoms with Crippen LogP contribution in [0.1, 0.15) is 38.5 Å². The highest BCUT2D eigenvalue weighted by atomic mass is 16.5. The molecule has 0 aromatic rings. The lowest BCUT2D eigenvalue weighted by atomic mass is 9.92. The van der Waals surface area contributed by atoms with E-state index in [4.69, 9.17) is 9.84 Å². The van der Waals surface area contributed by atoms with Crippen molar-refractivity contribution in [2.75, 3.05) is 13.2 Å². The summed E-state index contributed by atoms with van der Waals surface area (Å²) in [6.45, 7) is 1.28. The number of unbranched alkanes of at least 4 members (excludes halogenated alkanes) is 3. The van der Waals surface area contributed by atoms with E-state index in [0.29, 0.717) is 19.1 Å². The summed E-state index contributed by atoms with van der Waals surface area (Å²) >= 11 is 0. The fourth-order valence-electron chi connectivity index (χ4n) is 2.10. The van der Waals surface area contributed by atoms with E-state index in [-0.39, 0.29) is 12.3 Å². The maximum atomic E-state index is 10.7. The maximum absolute atomic E-state index is 10.7. The number of aliphatic carboxylic acids is 1. The van der Waals surface area contributed by atoms with Gasteiger partial charge in [0.25, 0.3) is 0 Å². The zero-order chi connectivity index (χ0) is 11.8. The predicted octanol–water partition coefficient (Wildman–Crippen LogP) is 1.87. The number of hydrogen-bond donors (Lipinski definition) is 1. The first-order chi connectivity index (χ1) is 7.74. The van der Waals surface area contributed by atoms with Gasteiger partial charge in [-0.25, -0.2) is 0 Å². The van der Waals surface area contributed by atoms with Crippen LogP contribution in [0.4, 0.5) is 0 Å².